The molecule has 0 saturated carbocycles. The van der Waals surface area contributed by atoms with Crippen molar-refractivity contribution in [2.45, 2.75) is 17.5 Å². The molecule has 0 aliphatic heterocycles. The summed E-state index contributed by atoms with van der Waals surface area (Å²) < 4.78 is 28.2. The van der Waals surface area contributed by atoms with Crippen LogP contribution in [0.3, 0.4) is 0 Å². The molecule has 2 heterocycles. The summed E-state index contributed by atoms with van der Waals surface area (Å²) in [6, 6.07) is 11.4. The molecular formula is C21H22N6O6S. The SMILES string of the molecule is NC(N)=NCc1ccc2cc(C(=O)NCC(NS(=O)(=O)c3ccccc3)C(=O)O)cc(=O)n2c1. The Labute approximate surface area is 194 Å². The van der Waals surface area contributed by atoms with Crippen LogP contribution in [-0.4, -0.2) is 48.3 Å². The fourth-order valence-corrected chi connectivity index (χ4v) is 4.22. The number of carboxylic acids is 1. The lowest BCUT2D eigenvalue weighted by Crippen LogP contribution is -2.48. The number of benzene rings is 1. The van der Waals surface area contributed by atoms with E-state index in [1.54, 1.807) is 18.2 Å². The summed E-state index contributed by atoms with van der Waals surface area (Å²) in [5.74, 6) is -2.31. The summed E-state index contributed by atoms with van der Waals surface area (Å²) >= 11 is 0. The first kappa shape index (κ1) is 24.4. The van der Waals surface area contributed by atoms with Crippen molar-refractivity contribution in [2.75, 3.05) is 6.54 Å². The van der Waals surface area contributed by atoms with Crippen LogP contribution in [0.5, 0.6) is 0 Å². The van der Waals surface area contributed by atoms with Gasteiger partial charge in [0, 0.05) is 29.9 Å². The van der Waals surface area contributed by atoms with Gasteiger partial charge in [-0.05, 0) is 29.8 Å². The number of fused-ring (bicyclic) bond motifs is 1. The number of carbonyl (C=O) groups is 2. The van der Waals surface area contributed by atoms with Gasteiger partial charge in [0.1, 0.15) is 6.04 Å². The van der Waals surface area contributed by atoms with Gasteiger partial charge in [0.05, 0.1) is 11.4 Å². The lowest BCUT2D eigenvalue weighted by Gasteiger charge is -2.16. The molecule has 13 heteroatoms. The molecule has 178 valence electrons. The molecule has 12 nitrogen and oxygen atoms in total. The number of aliphatic imine (C=N–C) groups is 1. The molecule has 7 N–H and O–H groups in total. The second-order valence-electron chi connectivity index (χ2n) is 7.19. The van der Waals surface area contributed by atoms with Gasteiger partial charge in [-0.1, -0.05) is 24.3 Å². The van der Waals surface area contributed by atoms with Crippen LogP contribution in [0, 0.1) is 0 Å². The van der Waals surface area contributed by atoms with E-state index in [1.165, 1.54) is 40.9 Å². The number of sulfonamides is 1. The van der Waals surface area contributed by atoms with Gasteiger partial charge in [-0.2, -0.15) is 4.72 Å². The second kappa shape index (κ2) is 10.1. The van der Waals surface area contributed by atoms with Crippen molar-refractivity contribution in [1.82, 2.24) is 14.4 Å². The van der Waals surface area contributed by atoms with Gasteiger partial charge in [0.25, 0.3) is 11.5 Å². The highest BCUT2D eigenvalue weighted by atomic mass is 32.2. The number of nitrogens with two attached hydrogens (primary N) is 2. The van der Waals surface area contributed by atoms with E-state index in [1.807, 2.05) is 4.72 Å². The van der Waals surface area contributed by atoms with E-state index in [9.17, 15) is 27.9 Å². The van der Waals surface area contributed by atoms with Crippen molar-refractivity contribution in [3.05, 3.63) is 82.3 Å². The number of nitrogens with one attached hydrogen (secondary N) is 2. The fourth-order valence-electron chi connectivity index (χ4n) is 3.01. The number of nitrogens with zero attached hydrogens (tertiary/aromatic N) is 2. The molecule has 1 aromatic carbocycles. The first-order valence-corrected chi connectivity index (χ1v) is 11.3. The Balaban J connectivity index is 1.75. The average molecular weight is 487 g/mol. The Kier molecular flexibility index (Phi) is 7.28. The van der Waals surface area contributed by atoms with Crippen LogP contribution in [0.1, 0.15) is 15.9 Å². The molecule has 1 unspecified atom stereocenters. The first-order valence-electron chi connectivity index (χ1n) is 9.86. The quantitative estimate of drug-likeness (QED) is 0.192. The summed E-state index contributed by atoms with van der Waals surface area (Å²) in [6.07, 6.45) is 1.53. The minimum Gasteiger partial charge on any atom is -0.480 e. The predicted molar refractivity (Wildman–Crippen MR) is 124 cm³/mol. The van der Waals surface area contributed by atoms with E-state index in [4.69, 9.17) is 11.5 Å². The van der Waals surface area contributed by atoms with Gasteiger partial charge in [-0.3, -0.25) is 18.8 Å². The summed E-state index contributed by atoms with van der Waals surface area (Å²) in [4.78, 5) is 40.4. The van der Waals surface area contributed by atoms with Crippen LogP contribution in [0.15, 0.2) is 75.5 Å². The van der Waals surface area contributed by atoms with Crippen molar-refractivity contribution >= 4 is 33.4 Å². The Hall–Kier alpha value is -4.23. The van der Waals surface area contributed by atoms with Crippen LogP contribution < -0.4 is 27.1 Å². The van der Waals surface area contributed by atoms with Crippen molar-refractivity contribution in [3.8, 4) is 0 Å². The maximum atomic E-state index is 12.6. The van der Waals surface area contributed by atoms with Crippen molar-refractivity contribution in [1.29, 1.82) is 0 Å². The number of carbonyl (C=O) groups excluding carboxylic acids is 1. The summed E-state index contributed by atoms with van der Waals surface area (Å²) in [6.45, 7) is -0.376. The van der Waals surface area contributed by atoms with E-state index in [2.05, 4.69) is 10.3 Å². The largest absolute Gasteiger partial charge is 0.480 e. The maximum absolute atomic E-state index is 12.6. The Morgan fingerprint density at radius 3 is 2.44 bits per heavy atom. The molecule has 1 atom stereocenters. The standard InChI is InChI=1S/C21H22N6O6S/c22-21(23)25-10-13-6-7-15-8-14(9-18(28)27(15)12-13)19(29)24-11-17(20(30)31)26-34(32,33)16-4-2-1-3-5-16/h1-9,12,17,26H,10-11H2,(H,24,29)(H,30,31)(H4,22,23,25). The van der Waals surface area contributed by atoms with Crippen LogP contribution in [0.4, 0.5) is 0 Å². The van der Waals surface area contributed by atoms with Gasteiger partial charge in [0.2, 0.25) is 10.0 Å². The van der Waals surface area contributed by atoms with E-state index in [0.29, 0.717) is 11.1 Å². The fraction of sp³-hybridized carbons (Fsp3) is 0.143. The third-order valence-electron chi connectivity index (χ3n) is 4.68. The highest BCUT2D eigenvalue weighted by molar-refractivity contribution is 7.89. The van der Waals surface area contributed by atoms with Crippen LogP contribution in [0.25, 0.3) is 5.52 Å². The predicted octanol–water partition coefficient (Wildman–Crippen LogP) is -0.766. The smallest absolute Gasteiger partial charge is 0.323 e. The van der Waals surface area contributed by atoms with Crippen LogP contribution in [0.2, 0.25) is 0 Å². The van der Waals surface area contributed by atoms with E-state index >= 15 is 0 Å². The number of guanidine groups is 1. The highest BCUT2D eigenvalue weighted by Gasteiger charge is 2.26. The molecule has 0 spiro atoms. The maximum Gasteiger partial charge on any atom is 0.323 e. The van der Waals surface area contributed by atoms with E-state index in [-0.39, 0.29) is 23.0 Å². The van der Waals surface area contributed by atoms with Crippen LogP contribution in [-0.2, 0) is 21.4 Å². The Bertz CT molecular complexity index is 1410. The zero-order valence-electron chi connectivity index (χ0n) is 17.7. The third kappa shape index (κ3) is 5.96. The number of amides is 1. The number of aromatic nitrogens is 1. The number of hydrogen-bond acceptors (Lipinski definition) is 6. The van der Waals surface area contributed by atoms with E-state index in [0.717, 1.165) is 6.07 Å². The summed E-state index contributed by atoms with van der Waals surface area (Å²) in [7, 11) is -4.13. The average Bonchev–Trinajstić information content (AvgIpc) is 2.80. The number of aliphatic carboxylic acids is 1. The minimum absolute atomic E-state index is 0.0166. The molecule has 0 bridgehead atoms. The molecule has 0 fully saturated rings. The lowest BCUT2D eigenvalue weighted by atomic mass is 10.2. The molecule has 2 aromatic heterocycles. The summed E-state index contributed by atoms with van der Waals surface area (Å²) in [5, 5.41) is 11.8. The van der Waals surface area contributed by atoms with Gasteiger partial charge < -0.3 is 21.9 Å². The molecule has 3 rings (SSSR count). The molecule has 0 saturated heterocycles. The molecule has 1 amide bonds. The zero-order chi connectivity index (χ0) is 24.9. The van der Waals surface area contributed by atoms with Crippen molar-refractivity contribution in [3.63, 3.8) is 0 Å². The summed E-state index contributed by atoms with van der Waals surface area (Å²) in [5.41, 5.74) is 11.2. The number of pyridine rings is 2. The van der Waals surface area contributed by atoms with Gasteiger partial charge in [0.15, 0.2) is 5.96 Å². The lowest BCUT2D eigenvalue weighted by molar-refractivity contribution is -0.138. The number of rotatable bonds is 9. The van der Waals surface area contributed by atoms with Gasteiger partial charge in [-0.15, -0.1) is 0 Å². The molecule has 0 radical (unpaired) electrons. The normalized spacial score (nSPS) is 12.1. The van der Waals surface area contributed by atoms with Crippen LogP contribution >= 0.6 is 0 Å². The Morgan fingerprint density at radius 2 is 1.79 bits per heavy atom. The zero-order valence-corrected chi connectivity index (χ0v) is 18.5. The van der Waals surface area contributed by atoms with Crippen molar-refractivity contribution in [2.24, 2.45) is 16.5 Å². The van der Waals surface area contributed by atoms with Gasteiger partial charge >= 0.3 is 5.97 Å². The van der Waals surface area contributed by atoms with E-state index < -0.39 is 40.0 Å². The second-order valence-corrected chi connectivity index (χ2v) is 8.90. The molecule has 3 aromatic rings. The topological polar surface area (TPSA) is 198 Å². The highest BCUT2D eigenvalue weighted by Crippen LogP contribution is 2.10. The molecular weight excluding hydrogens is 464 g/mol. The van der Waals surface area contributed by atoms with Crippen molar-refractivity contribution < 1.29 is 23.1 Å². The molecule has 34 heavy (non-hydrogen) atoms. The number of hydrogen-bond donors (Lipinski definition) is 5. The third-order valence-corrected chi connectivity index (χ3v) is 6.17. The number of carboxylic acid groups (broad SMARTS) is 1. The minimum atomic E-state index is -4.13. The first-order chi connectivity index (χ1) is 16.1. The molecule has 0 aliphatic rings. The monoisotopic (exact) mass is 486 g/mol. The Morgan fingerprint density at radius 1 is 1.09 bits per heavy atom. The molecule has 0 aliphatic carbocycles. The van der Waals surface area contributed by atoms with Gasteiger partial charge in [-0.25, -0.2) is 13.4 Å².